The molecule has 0 aliphatic heterocycles. The molecule has 0 fully saturated rings. The van der Waals surface area contributed by atoms with Crippen molar-refractivity contribution in [3.63, 3.8) is 0 Å². The zero-order valence-corrected chi connectivity index (χ0v) is 6.53. The molecule has 0 atom stereocenters. The minimum Gasteiger partial charge on any atom is -0.475 e. The van der Waals surface area contributed by atoms with Gasteiger partial charge in [0.25, 0.3) is 0 Å². The second kappa shape index (κ2) is 3.21. The lowest BCUT2D eigenvalue weighted by atomic mass is 10.2. The molecule has 4 nitrogen and oxygen atoms in total. The van der Waals surface area contributed by atoms with Crippen LogP contribution in [0.4, 0.5) is 0 Å². The highest BCUT2D eigenvalue weighted by Gasteiger charge is 2.09. The van der Waals surface area contributed by atoms with Gasteiger partial charge in [-0.25, -0.2) is 4.79 Å². The summed E-state index contributed by atoms with van der Waals surface area (Å²) in [5.74, 6) is -0.919. The van der Waals surface area contributed by atoms with E-state index in [1.807, 2.05) is 0 Å². The first-order valence-corrected chi connectivity index (χ1v) is 3.41. The van der Waals surface area contributed by atoms with E-state index in [0.717, 1.165) is 0 Å². The molecule has 1 heterocycles. The molecular weight excluding hydrogens is 160 g/mol. The zero-order chi connectivity index (χ0) is 9.14. The van der Waals surface area contributed by atoms with Gasteiger partial charge in [0.1, 0.15) is 11.5 Å². The summed E-state index contributed by atoms with van der Waals surface area (Å²) in [6.07, 6.45) is 0.146. The van der Waals surface area contributed by atoms with Gasteiger partial charge in [-0.2, -0.15) is 0 Å². The molecule has 0 spiro atoms. The van der Waals surface area contributed by atoms with Gasteiger partial charge in [-0.3, -0.25) is 4.79 Å². The molecule has 1 N–H and O–H groups in total. The van der Waals surface area contributed by atoms with E-state index in [4.69, 9.17) is 9.52 Å². The number of hydrogen-bond donors (Lipinski definition) is 1. The van der Waals surface area contributed by atoms with Gasteiger partial charge >= 0.3 is 5.97 Å². The van der Waals surface area contributed by atoms with Crippen LogP contribution in [0.5, 0.6) is 0 Å². The summed E-state index contributed by atoms with van der Waals surface area (Å²) >= 11 is 0. The summed E-state index contributed by atoms with van der Waals surface area (Å²) in [5.41, 5.74) is 0. The lowest BCUT2D eigenvalue weighted by Crippen LogP contribution is -1.95. The molecule has 0 aromatic carbocycles. The highest BCUT2D eigenvalue weighted by molar-refractivity contribution is 5.84. The molecule has 0 saturated heterocycles. The first-order chi connectivity index (χ1) is 5.59. The van der Waals surface area contributed by atoms with Crippen molar-refractivity contribution in [2.75, 3.05) is 0 Å². The molecule has 4 heteroatoms. The highest BCUT2D eigenvalue weighted by Crippen LogP contribution is 2.08. The number of carbonyl (C=O) groups is 2. The largest absolute Gasteiger partial charge is 0.475 e. The third-order valence-corrected chi connectivity index (χ3v) is 1.30. The van der Waals surface area contributed by atoms with Crippen LogP contribution in [-0.4, -0.2) is 16.9 Å². The first kappa shape index (κ1) is 8.52. The number of carbonyl (C=O) groups excluding carboxylic acids is 1. The molecule has 1 rings (SSSR count). The van der Waals surface area contributed by atoms with Crippen molar-refractivity contribution < 1.29 is 19.1 Å². The quantitative estimate of drug-likeness (QED) is 0.734. The Morgan fingerprint density at radius 1 is 1.50 bits per heavy atom. The fourth-order valence-corrected chi connectivity index (χ4v) is 0.833. The summed E-state index contributed by atoms with van der Waals surface area (Å²) in [6.45, 7) is 1.42. The van der Waals surface area contributed by atoms with Crippen molar-refractivity contribution >= 4 is 11.8 Å². The minimum atomic E-state index is -1.12. The predicted molar refractivity (Wildman–Crippen MR) is 40.1 cm³/mol. The maximum Gasteiger partial charge on any atom is 0.371 e. The maximum atomic E-state index is 10.6. The van der Waals surface area contributed by atoms with Gasteiger partial charge in [-0.15, -0.1) is 0 Å². The van der Waals surface area contributed by atoms with Crippen LogP contribution in [0.25, 0.3) is 0 Å². The fraction of sp³-hybridized carbons (Fsp3) is 0.250. The molecule has 0 saturated carbocycles. The molecule has 0 unspecified atom stereocenters. The van der Waals surface area contributed by atoms with Gasteiger partial charge in [0.05, 0.1) is 6.42 Å². The topological polar surface area (TPSA) is 67.5 Å². The van der Waals surface area contributed by atoms with Crippen LogP contribution in [0.3, 0.4) is 0 Å². The standard InChI is InChI=1S/C8H8O4/c1-5(9)4-6-2-3-7(12-6)8(10)11/h2-3H,4H2,1H3,(H,10,11). The van der Waals surface area contributed by atoms with Gasteiger partial charge in [0, 0.05) is 0 Å². The Hall–Kier alpha value is -1.58. The van der Waals surface area contributed by atoms with Gasteiger partial charge in [-0.1, -0.05) is 0 Å². The van der Waals surface area contributed by atoms with Crippen molar-refractivity contribution in [2.45, 2.75) is 13.3 Å². The van der Waals surface area contributed by atoms with Crippen LogP contribution in [0.15, 0.2) is 16.5 Å². The summed E-state index contributed by atoms with van der Waals surface area (Å²) < 4.78 is 4.84. The molecule has 0 radical (unpaired) electrons. The Kier molecular flexibility index (Phi) is 2.28. The fourth-order valence-electron chi connectivity index (χ4n) is 0.833. The van der Waals surface area contributed by atoms with Crippen molar-refractivity contribution in [3.8, 4) is 0 Å². The molecule has 1 aromatic heterocycles. The Bertz CT molecular complexity index is 311. The van der Waals surface area contributed by atoms with Gasteiger partial charge in [-0.05, 0) is 19.1 Å². The second-order valence-corrected chi connectivity index (χ2v) is 2.45. The summed E-state index contributed by atoms with van der Waals surface area (Å²) in [7, 11) is 0. The normalized spacial score (nSPS) is 9.75. The average Bonchev–Trinajstić information content (AvgIpc) is 2.34. The number of furan rings is 1. The van der Waals surface area contributed by atoms with Crippen LogP contribution >= 0.6 is 0 Å². The van der Waals surface area contributed by atoms with E-state index in [-0.39, 0.29) is 18.0 Å². The molecule has 0 bridgehead atoms. The molecule has 0 aliphatic rings. The summed E-state index contributed by atoms with van der Waals surface area (Å²) in [6, 6.07) is 2.82. The van der Waals surface area contributed by atoms with Crippen molar-refractivity contribution in [1.29, 1.82) is 0 Å². The smallest absolute Gasteiger partial charge is 0.371 e. The second-order valence-electron chi connectivity index (χ2n) is 2.45. The number of ketones is 1. The van der Waals surface area contributed by atoms with Gasteiger partial charge < -0.3 is 9.52 Å². The molecule has 0 amide bonds. The highest BCUT2D eigenvalue weighted by atomic mass is 16.4. The van der Waals surface area contributed by atoms with Crippen molar-refractivity contribution in [3.05, 3.63) is 23.7 Å². The number of carboxylic acid groups (broad SMARTS) is 1. The summed E-state index contributed by atoms with van der Waals surface area (Å²) in [4.78, 5) is 20.9. The Labute approximate surface area is 68.8 Å². The van der Waals surface area contributed by atoms with Gasteiger partial charge in [0.15, 0.2) is 0 Å². The van der Waals surface area contributed by atoms with E-state index >= 15 is 0 Å². The van der Waals surface area contributed by atoms with E-state index in [2.05, 4.69) is 0 Å². The van der Waals surface area contributed by atoms with E-state index < -0.39 is 5.97 Å². The number of aromatic carboxylic acids is 1. The van der Waals surface area contributed by atoms with Crippen molar-refractivity contribution in [2.24, 2.45) is 0 Å². The summed E-state index contributed by atoms with van der Waals surface area (Å²) in [5, 5.41) is 8.45. The lowest BCUT2D eigenvalue weighted by Gasteiger charge is -1.89. The molecule has 64 valence electrons. The van der Waals surface area contributed by atoms with E-state index in [1.165, 1.54) is 19.1 Å². The maximum absolute atomic E-state index is 10.6. The molecular formula is C8H8O4. The monoisotopic (exact) mass is 168 g/mol. The zero-order valence-electron chi connectivity index (χ0n) is 6.53. The Morgan fingerprint density at radius 3 is 2.58 bits per heavy atom. The molecule has 0 aliphatic carbocycles. The van der Waals surface area contributed by atoms with Crippen LogP contribution < -0.4 is 0 Å². The SMILES string of the molecule is CC(=O)Cc1ccc(C(=O)O)o1. The predicted octanol–water partition coefficient (Wildman–Crippen LogP) is 1.11. The van der Waals surface area contributed by atoms with Crippen LogP contribution in [0.2, 0.25) is 0 Å². The molecule has 12 heavy (non-hydrogen) atoms. The first-order valence-electron chi connectivity index (χ1n) is 3.41. The molecule has 1 aromatic rings. The number of rotatable bonds is 3. The third kappa shape index (κ3) is 1.95. The Balaban J connectivity index is 2.77. The van der Waals surface area contributed by atoms with E-state index in [9.17, 15) is 9.59 Å². The van der Waals surface area contributed by atoms with Crippen molar-refractivity contribution in [1.82, 2.24) is 0 Å². The van der Waals surface area contributed by atoms with Crippen LogP contribution in [-0.2, 0) is 11.2 Å². The van der Waals surface area contributed by atoms with Crippen LogP contribution in [0, 0.1) is 0 Å². The number of carboxylic acids is 1. The number of Topliss-reactive ketones (excluding diaryl/α,β-unsaturated/α-hetero) is 1. The lowest BCUT2D eigenvalue weighted by molar-refractivity contribution is -0.116. The third-order valence-electron chi connectivity index (χ3n) is 1.30. The van der Waals surface area contributed by atoms with Gasteiger partial charge in [0.2, 0.25) is 5.76 Å². The minimum absolute atomic E-state index is 0.0544. The average molecular weight is 168 g/mol. The van der Waals surface area contributed by atoms with E-state index in [1.54, 1.807) is 0 Å². The van der Waals surface area contributed by atoms with E-state index in [0.29, 0.717) is 5.76 Å². The van der Waals surface area contributed by atoms with Crippen LogP contribution in [0.1, 0.15) is 23.2 Å². The Morgan fingerprint density at radius 2 is 2.17 bits per heavy atom. The number of hydrogen-bond acceptors (Lipinski definition) is 3.